The molecule has 0 saturated heterocycles. The Hall–Kier alpha value is -1.76. The second kappa shape index (κ2) is 8.37. The number of nitrogens with one attached hydrogen (secondary N) is 1. The number of hydrogen-bond donors (Lipinski definition) is 1. The van der Waals surface area contributed by atoms with E-state index in [1.165, 1.54) is 0 Å². The molecule has 2 aromatic heterocycles. The van der Waals surface area contributed by atoms with Gasteiger partial charge in [-0.15, -0.1) is 10.2 Å². The molecule has 0 fully saturated rings. The number of amides is 1. The van der Waals surface area contributed by atoms with Gasteiger partial charge in [-0.2, -0.15) is 0 Å². The fourth-order valence-electron chi connectivity index (χ4n) is 2.60. The van der Waals surface area contributed by atoms with Gasteiger partial charge in [0.05, 0.1) is 5.56 Å². The normalized spacial score (nSPS) is 11.2. The van der Waals surface area contributed by atoms with Gasteiger partial charge < -0.3 is 14.3 Å². The molecule has 0 aromatic carbocycles. The van der Waals surface area contributed by atoms with Gasteiger partial charge in [-0.05, 0) is 38.5 Å². The molecule has 0 aliphatic rings. The van der Waals surface area contributed by atoms with Crippen LogP contribution in [-0.2, 0) is 13.0 Å². The molecular formula is C17H26N4O2S. The number of furan rings is 1. The number of aryl methyl sites for hydroxylation is 3. The zero-order valence-corrected chi connectivity index (χ0v) is 15.9. The summed E-state index contributed by atoms with van der Waals surface area (Å²) < 4.78 is 7.58. The average molecular weight is 350 g/mol. The van der Waals surface area contributed by atoms with E-state index < -0.39 is 0 Å². The Morgan fingerprint density at radius 2 is 2.12 bits per heavy atom. The van der Waals surface area contributed by atoms with Crippen molar-refractivity contribution >= 4 is 17.7 Å². The molecule has 2 rings (SSSR count). The van der Waals surface area contributed by atoms with E-state index in [1.54, 1.807) is 24.8 Å². The molecule has 24 heavy (non-hydrogen) atoms. The summed E-state index contributed by atoms with van der Waals surface area (Å²) in [6, 6.07) is 1.77. The van der Waals surface area contributed by atoms with E-state index in [0.29, 0.717) is 23.8 Å². The van der Waals surface area contributed by atoms with E-state index in [4.69, 9.17) is 4.42 Å². The van der Waals surface area contributed by atoms with Crippen molar-refractivity contribution in [2.24, 2.45) is 5.92 Å². The third-order valence-electron chi connectivity index (χ3n) is 3.67. The lowest BCUT2D eigenvalue weighted by molar-refractivity contribution is 0.0951. The molecular weight excluding hydrogens is 324 g/mol. The number of carbonyl (C=O) groups excluding carboxylic acids is 1. The van der Waals surface area contributed by atoms with Crippen molar-refractivity contribution in [1.82, 2.24) is 20.1 Å². The standard InChI is InChI=1S/C17H26N4O2S/c1-11(2)10-21-15(19-20-17(21)24-5)7-6-8-18-16(22)14-9-12(3)23-13(14)4/h9,11H,6-8,10H2,1-5H3,(H,18,22). The number of aromatic nitrogens is 3. The second-order valence-corrected chi connectivity index (χ2v) is 7.07. The van der Waals surface area contributed by atoms with Gasteiger partial charge in [0.25, 0.3) is 5.91 Å². The highest BCUT2D eigenvalue weighted by Gasteiger charge is 2.14. The predicted molar refractivity (Wildman–Crippen MR) is 95.5 cm³/mol. The van der Waals surface area contributed by atoms with Gasteiger partial charge in [-0.1, -0.05) is 25.6 Å². The number of thioether (sulfide) groups is 1. The molecule has 0 atom stereocenters. The summed E-state index contributed by atoms with van der Waals surface area (Å²) in [5, 5.41) is 12.4. The Bertz CT molecular complexity index is 691. The maximum absolute atomic E-state index is 12.1. The van der Waals surface area contributed by atoms with Crippen LogP contribution in [0, 0.1) is 19.8 Å². The predicted octanol–water partition coefficient (Wildman–Crippen LogP) is 3.23. The van der Waals surface area contributed by atoms with Crippen LogP contribution in [0.1, 0.15) is 48.0 Å². The Labute approximate surface area is 147 Å². The third-order valence-corrected chi connectivity index (χ3v) is 4.34. The fourth-order valence-corrected chi connectivity index (χ4v) is 3.13. The SMILES string of the molecule is CSc1nnc(CCCNC(=O)c2cc(C)oc2C)n1CC(C)C. The first-order valence-electron chi connectivity index (χ1n) is 8.23. The lowest BCUT2D eigenvalue weighted by Crippen LogP contribution is -2.25. The zero-order valence-electron chi connectivity index (χ0n) is 15.0. The van der Waals surface area contributed by atoms with Crippen molar-refractivity contribution in [3.63, 3.8) is 0 Å². The second-order valence-electron chi connectivity index (χ2n) is 6.29. The molecule has 0 radical (unpaired) electrons. The summed E-state index contributed by atoms with van der Waals surface area (Å²) in [6.45, 7) is 9.53. The molecule has 2 heterocycles. The summed E-state index contributed by atoms with van der Waals surface area (Å²) >= 11 is 1.61. The van der Waals surface area contributed by atoms with Gasteiger partial charge in [0, 0.05) is 19.5 Å². The van der Waals surface area contributed by atoms with Gasteiger partial charge in [0.15, 0.2) is 5.16 Å². The molecule has 2 aromatic rings. The van der Waals surface area contributed by atoms with Gasteiger partial charge in [0.1, 0.15) is 17.3 Å². The van der Waals surface area contributed by atoms with E-state index in [-0.39, 0.29) is 5.91 Å². The van der Waals surface area contributed by atoms with Crippen molar-refractivity contribution in [2.75, 3.05) is 12.8 Å². The monoisotopic (exact) mass is 350 g/mol. The van der Waals surface area contributed by atoms with Crippen molar-refractivity contribution in [3.05, 3.63) is 29.0 Å². The molecule has 0 aliphatic heterocycles. The topological polar surface area (TPSA) is 73.0 Å². The van der Waals surface area contributed by atoms with Crippen molar-refractivity contribution in [3.8, 4) is 0 Å². The average Bonchev–Trinajstić information content (AvgIpc) is 3.05. The highest BCUT2D eigenvalue weighted by molar-refractivity contribution is 7.98. The lowest BCUT2D eigenvalue weighted by Gasteiger charge is -2.11. The van der Waals surface area contributed by atoms with Gasteiger partial charge in [-0.3, -0.25) is 4.79 Å². The maximum Gasteiger partial charge on any atom is 0.254 e. The van der Waals surface area contributed by atoms with Crippen molar-refractivity contribution in [1.29, 1.82) is 0 Å². The summed E-state index contributed by atoms with van der Waals surface area (Å²) in [5.41, 5.74) is 0.611. The maximum atomic E-state index is 12.1. The van der Waals surface area contributed by atoms with Crippen LogP contribution in [0.5, 0.6) is 0 Å². The minimum atomic E-state index is -0.0854. The summed E-state index contributed by atoms with van der Waals surface area (Å²) in [4.78, 5) is 12.1. The van der Waals surface area contributed by atoms with E-state index in [2.05, 4.69) is 33.9 Å². The Morgan fingerprint density at radius 1 is 1.38 bits per heavy atom. The van der Waals surface area contributed by atoms with Crippen LogP contribution in [0.3, 0.4) is 0 Å². The Morgan fingerprint density at radius 3 is 2.71 bits per heavy atom. The highest BCUT2D eigenvalue weighted by atomic mass is 32.2. The minimum Gasteiger partial charge on any atom is -0.466 e. The Balaban J connectivity index is 1.87. The van der Waals surface area contributed by atoms with Crippen molar-refractivity contribution in [2.45, 2.75) is 52.2 Å². The number of rotatable bonds is 8. The zero-order chi connectivity index (χ0) is 17.7. The molecule has 0 aliphatic carbocycles. The van der Waals surface area contributed by atoms with Crippen molar-refractivity contribution < 1.29 is 9.21 Å². The van der Waals surface area contributed by atoms with Gasteiger partial charge in [0.2, 0.25) is 0 Å². The van der Waals surface area contributed by atoms with E-state index in [0.717, 1.165) is 36.1 Å². The van der Waals surface area contributed by atoms with Crippen LogP contribution in [0.15, 0.2) is 15.6 Å². The van der Waals surface area contributed by atoms with Crippen LogP contribution < -0.4 is 5.32 Å². The van der Waals surface area contributed by atoms with Gasteiger partial charge in [-0.25, -0.2) is 0 Å². The van der Waals surface area contributed by atoms with E-state index in [1.807, 2.05) is 13.2 Å². The molecule has 7 heteroatoms. The quantitative estimate of drug-likeness (QED) is 0.584. The molecule has 6 nitrogen and oxygen atoms in total. The van der Waals surface area contributed by atoms with Crippen LogP contribution >= 0.6 is 11.8 Å². The highest BCUT2D eigenvalue weighted by Crippen LogP contribution is 2.17. The first kappa shape index (κ1) is 18.6. The summed E-state index contributed by atoms with van der Waals surface area (Å²) in [6.07, 6.45) is 3.64. The minimum absolute atomic E-state index is 0.0854. The molecule has 1 N–H and O–H groups in total. The van der Waals surface area contributed by atoms with Crippen LogP contribution in [-0.4, -0.2) is 33.5 Å². The van der Waals surface area contributed by atoms with Gasteiger partial charge >= 0.3 is 0 Å². The molecule has 0 saturated carbocycles. The number of nitrogens with zero attached hydrogens (tertiary/aromatic N) is 3. The smallest absolute Gasteiger partial charge is 0.254 e. The third kappa shape index (κ3) is 4.63. The first-order chi connectivity index (χ1) is 11.4. The largest absolute Gasteiger partial charge is 0.466 e. The van der Waals surface area contributed by atoms with E-state index >= 15 is 0 Å². The Kier molecular flexibility index (Phi) is 6.48. The number of hydrogen-bond acceptors (Lipinski definition) is 5. The lowest BCUT2D eigenvalue weighted by atomic mass is 10.2. The first-order valence-corrected chi connectivity index (χ1v) is 9.46. The van der Waals surface area contributed by atoms with Crippen LogP contribution in [0.4, 0.5) is 0 Å². The summed E-state index contributed by atoms with van der Waals surface area (Å²) in [7, 11) is 0. The molecule has 1 amide bonds. The fraction of sp³-hybridized carbons (Fsp3) is 0.588. The molecule has 0 bridgehead atoms. The molecule has 0 spiro atoms. The molecule has 0 unspecified atom stereocenters. The van der Waals surface area contributed by atoms with Crippen LogP contribution in [0.2, 0.25) is 0 Å². The number of carbonyl (C=O) groups is 1. The molecule has 132 valence electrons. The van der Waals surface area contributed by atoms with Crippen LogP contribution in [0.25, 0.3) is 0 Å². The summed E-state index contributed by atoms with van der Waals surface area (Å²) in [5.74, 6) is 2.85. The van der Waals surface area contributed by atoms with E-state index in [9.17, 15) is 4.79 Å².